The lowest BCUT2D eigenvalue weighted by molar-refractivity contribution is -0.128. The fraction of sp³-hybridized carbons (Fsp3) is 0.900. The minimum atomic E-state index is -4.30. The lowest BCUT2D eigenvalue weighted by Crippen LogP contribution is -2.44. The largest absolute Gasteiger partial charge is 0.401 e. The average Bonchev–Trinajstić information content (AvgIpc) is 2.15. The van der Waals surface area contributed by atoms with Crippen molar-refractivity contribution in [1.29, 1.82) is 0 Å². The highest BCUT2D eigenvalue weighted by molar-refractivity contribution is 5.78. The first-order valence-electron chi connectivity index (χ1n) is 5.62. The molecule has 17 heavy (non-hydrogen) atoms. The van der Waals surface area contributed by atoms with Gasteiger partial charge in [0.25, 0.3) is 0 Å². The molecule has 0 aromatic heterocycles. The van der Waals surface area contributed by atoms with Crippen molar-refractivity contribution >= 4 is 5.91 Å². The van der Waals surface area contributed by atoms with E-state index >= 15 is 0 Å². The normalized spacial score (nSPS) is 25.6. The Balaban J connectivity index is 2.16. The number of carbonyl (C=O) groups excluding carboxylic acids is 1. The third-order valence-corrected chi connectivity index (χ3v) is 2.62. The quantitative estimate of drug-likeness (QED) is 0.687. The topological polar surface area (TPSA) is 61.4 Å². The maximum absolute atomic E-state index is 11.8. The second-order valence-corrected chi connectivity index (χ2v) is 4.30. The Kier molecular flexibility index (Phi) is 5.20. The second-order valence-electron chi connectivity index (χ2n) is 4.30. The van der Waals surface area contributed by atoms with Crippen LogP contribution < -0.4 is 10.6 Å². The molecule has 0 aliphatic heterocycles. The fourth-order valence-electron chi connectivity index (χ4n) is 1.89. The van der Waals surface area contributed by atoms with Gasteiger partial charge in [-0.15, -0.1) is 0 Å². The minimum absolute atomic E-state index is 0.126. The summed E-state index contributed by atoms with van der Waals surface area (Å²) in [5.41, 5.74) is 0. The molecule has 1 aliphatic rings. The van der Waals surface area contributed by atoms with Gasteiger partial charge in [0.2, 0.25) is 5.91 Å². The summed E-state index contributed by atoms with van der Waals surface area (Å²) in [5, 5.41) is 14.0. The highest BCUT2D eigenvalue weighted by Gasteiger charge is 2.27. The van der Waals surface area contributed by atoms with Gasteiger partial charge in [0.1, 0.15) is 0 Å². The molecule has 3 N–H and O–H groups in total. The zero-order chi connectivity index (χ0) is 12.9. The van der Waals surface area contributed by atoms with E-state index in [2.05, 4.69) is 5.32 Å². The number of amides is 1. The number of halogens is 3. The van der Waals surface area contributed by atoms with Crippen LogP contribution in [0.1, 0.15) is 25.7 Å². The molecule has 1 amide bonds. The Labute approximate surface area is 97.6 Å². The number of hydrogen-bond donors (Lipinski definition) is 3. The van der Waals surface area contributed by atoms with Gasteiger partial charge in [-0.25, -0.2) is 0 Å². The number of rotatable bonds is 4. The van der Waals surface area contributed by atoms with Gasteiger partial charge >= 0.3 is 6.18 Å². The van der Waals surface area contributed by atoms with Gasteiger partial charge in [-0.1, -0.05) is 0 Å². The molecule has 1 aliphatic carbocycles. The molecule has 4 nitrogen and oxygen atoms in total. The third kappa shape index (κ3) is 6.48. The van der Waals surface area contributed by atoms with Gasteiger partial charge in [0, 0.05) is 6.04 Å². The summed E-state index contributed by atoms with van der Waals surface area (Å²) in [6, 6.07) is -0.126. The van der Waals surface area contributed by atoms with E-state index in [9.17, 15) is 23.1 Å². The van der Waals surface area contributed by atoms with Crippen LogP contribution in [0.3, 0.4) is 0 Å². The fourth-order valence-corrected chi connectivity index (χ4v) is 1.89. The maximum Gasteiger partial charge on any atom is 0.401 e. The molecule has 0 bridgehead atoms. The molecule has 0 aromatic rings. The van der Waals surface area contributed by atoms with Crippen LogP contribution in [0.4, 0.5) is 13.2 Å². The van der Waals surface area contributed by atoms with E-state index in [-0.39, 0.29) is 12.6 Å². The number of aliphatic hydroxyl groups is 1. The molecule has 0 saturated heterocycles. The standard InChI is InChI=1S/C10H17F3N2O2/c11-10(12,13)6-14-5-9(17)15-7-2-1-3-8(16)4-7/h7-8,14,16H,1-6H2,(H,15,17). The van der Waals surface area contributed by atoms with Crippen LogP contribution in [0, 0.1) is 0 Å². The van der Waals surface area contributed by atoms with Crippen LogP contribution in [0.5, 0.6) is 0 Å². The molecule has 0 radical (unpaired) electrons. The van der Waals surface area contributed by atoms with E-state index in [0.29, 0.717) is 6.42 Å². The smallest absolute Gasteiger partial charge is 0.393 e. The molecule has 0 heterocycles. The predicted octanol–water partition coefficient (Wildman–Crippen LogP) is 0.558. The van der Waals surface area contributed by atoms with Crippen LogP contribution in [0.2, 0.25) is 0 Å². The first-order valence-corrected chi connectivity index (χ1v) is 5.62. The number of hydrogen-bond acceptors (Lipinski definition) is 3. The van der Waals surface area contributed by atoms with Gasteiger partial charge in [-0.05, 0) is 25.7 Å². The van der Waals surface area contributed by atoms with E-state index in [1.54, 1.807) is 0 Å². The van der Waals surface area contributed by atoms with Gasteiger partial charge in [-0.3, -0.25) is 4.79 Å². The summed E-state index contributed by atoms with van der Waals surface area (Å²) in [4.78, 5) is 11.3. The van der Waals surface area contributed by atoms with Crippen molar-refractivity contribution in [1.82, 2.24) is 10.6 Å². The SMILES string of the molecule is O=C(CNCC(F)(F)F)NC1CCCC(O)C1. The van der Waals surface area contributed by atoms with E-state index in [4.69, 9.17) is 0 Å². The highest BCUT2D eigenvalue weighted by Crippen LogP contribution is 2.18. The van der Waals surface area contributed by atoms with Crippen molar-refractivity contribution in [3.8, 4) is 0 Å². The van der Waals surface area contributed by atoms with E-state index in [1.165, 1.54) is 0 Å². The first-order chi connectivity index (χ1) is 7.87. The first kappa shape index (κ1) is 14.2. The Morgan fingerprint density at radius 3 is 2.65 bits per heavy atom. The Bertz CT molecular complexity index is 258. The zero-order valence-electron chi connectivity index (χ0n) is 9.39. The van der Waals surface area contributed by atoms with Crippen LogP contribution in [0.25, 0.3) is 0 Å². The summed E-state index contributed by atoms with van der Waals surface area (Å²) < 4.78 is 35.4. The lowest BCUT2D eigenvalue weighted by atomic mass is 9.93. The van der Waals surface area contributed by atoms with Gasteiger partial charge in [-0.2, -0.15) is 13.2 Å². The molecule has 2 unspecified atom stereocenters. The molecular formula is C10H17F3N2O2. The molecule has 0 spiro atoms. The van der Waals surface area contributed by atoms with Gasteiger partial charge in [0.05, 0.1) is 19.2 Å². The van der Waals surface area contributed by atoms with Gasteiger partial charge in [0.15, 0.2) is 0 Å². The number of nitrogens with one attached hydrogen (secondary N) is 2. The molecule has 1 rings (SSSR count). The predicted molar refractivity (Wildman–Crippen MR) is 55.3 cm³/mol. The van der Waals surface area contributed by atoms with Crippen LogP contribution in [-0.2, 0) is 4.79 Å². The summed E-state index contributed by atoms with van der Waals surface area (Å²) >= 11 is 0. The lowest BCUT2D eigenvalue weighted by Gasteiger charge is -2.26. The molecule has 7 heteroatoms. The summed E-state index contributed by atoms with van der Waals surface area (Å²) in [7, 11) is 0. The Hall–Kier alpha value is -0.820. The van der Waals surface area contributed by atoms with E-state index in [1.807, 2.05) is 5.32 Å². The number of aliphatic hydroxyl groups excluding tert-OH is 1. The zero-order valence-corrected chi connectivity index (χ0v) is 9.39. The summed E-state index contributed by atoms with van der Waals surface area (Å²) in [6.07, 6.45) is -1.94. The minimum Gasteiger partial charge on any atom is -0.393 e. The molecule has 0 aromatic carbocycles. The second kappa shape index (κ2) is 6.20. The van der Waals surface area contributed by atoms with Crippen LogP contribution in [-0.4, -0.2) is 42.4 Å². The molecule has 1 saturated carbocycles. The Morgan fingerprint density at radius 1 is 1.35 bits per heavy atom. The van der Waals surface area contributed by atoms with E-state index < -0.39 is 24.7 Å². The number of alkyl halides is 3. The highest BCUT2D eigenvalue weighted by atomic mass is 19.4. The molecular weight excluding hydrogens is 237 g/mol. The van der Waals surface area contributed by atoms with Crippen molar-refractivity contribution in [3.63, 3.8) is 0 Å². The van der Waals surface area contributed by atoms with Crippen molar-refractivity contribution < 1.29 is 23.1 Å². The summed E-state index contributed by atoms with van der Waals surface area (Å²) in [6.45, 7) is -1.53. The van der Waals surface area contributed by atoms with Crippen molar-refractivity contribution in [2.75, 3.05) is 13.1 Å². The molecule has 1 fully saturated rings. The maximum atomic E-state index is 11.8. The van der Waals surface area contributed by atoms with Crippen LogP contribution in [0.15, 0.2) is 0 Å². The average molecular weight is 254 g/mol. The number of carbonyl (C=O) groups is 1. The van der Waals surface area contributed by atoms with Crippen molar-refractivity contribution in [2.45, 2.75) is 44.0 Å². The Morgan fingerprint density at radius 2 is 2.06 bits per heavy atom. The van der Waals surface area contributed by atoms with Crippen molar-refractivity contribution in [2.24, 2.45) is 0 Å². The monoisotopic (exact) mass is 254 g/mol. The molecule has 100 valence electrons. The molecule has 2 atom stereocenters. The summed E-state index contributed by atoms with van der Waals surface area (Å²) in [5.74, 6) is -0.464. The van der Waals surface area contributed by atoms with E-state index in [0.717, 1.165) is 19.3 Å². The van der Waals surface area contributed by atoms with Gasteiger partial charge < -0.3 is 15.7 Å². The van der Waals surface area contributed by atoms with Crippen molar-refractivity contribution in [3.05, 3.63) is 0 Å². The van der Waals surface area contributed by atoms with Crippen LogP contribution >= 0.6 is 0 Å². The third-order valence-electron chi connectivity index (χ3n) is 2.62.